The number of aromatic nitrogens is 1. The number of hydrogen-bond donors (Lipinski definition) is 1. The van der Waals surface area contributed by atoms with E-state index >= 15 is 0 Å². The highest BCUT2D eigenvalue weighted by Gasteiger charge is 2.46. The van der Waals surface area contributed by atoms with Gasteiger partial charge in [-0.05, 0) is 48.4 Å². The Morgan fingerprint density at radius 2 is 2.03 bits per heavy atom. The molecule has 1 spiro atoms. The van der Waals surface area contributed by atoms with E-state index in [4.69, 9.17) is 28.9 Å². The predicted molar refractivity (Wildman–Crippen MR) is 129 cm³/mol. The number of hydrogen-bond acceptors (Lipinski definition) is 4. The van der Waals surface area contributed by atoms with Crippen LogP contribution in [0.25, 0.3) is 0 Å². The fourth-order valence-corrected chi connectivity index (χ4v) is 4.86. The third-order valence-corrected chi connectivity index (χ3v) is 7.07. The van der Waals surface area contributed by atoms with E-state index in [-0.39, 0.29) is 11.5 Å². The lowest BCUT2D eigenvalue weighted by Crippen LogP contribution is -2.46. The van der Waals surface area contributed by atoms with Crippen LogP contribution >= 0.6 is 23.2 Å². The van der Waals surface area contributed by atoms with Crippen molar-refractivity contribution in [3.8, 4) is 0 Å². The number of nitrogens with two attached hydrogens (primary N) is 1. The molecule has 1 fully saturated rings. The Labute approximate surface area is 193 Å². The van der Waals surface area contributed by atoms with Crippen molar-refractivity contribution in [1.29, 1.82) is 0 Å². The van der Waals surface area contributed by atoms with Crippen molar-refractivity contribution in [3.05, 3.63) is 88.4 Å². The monoisotopic (exact) mass is 453 g/mol. The number of fused-ring (bicyclic) bond motifs is 1. The van der Waals surface area contributed by atoms with Crippen LogP contribution in [0.2, 0.25) is 10.0 Å². The van der Waals surface area contributed by atoms with Gasteiger partial charge in [0.15, 0.2) is 0 Å². The highest BCUT2D eigenvalue weighted by atomic mass is 35.5. The van der Waals surface area contributed by atoms with Gasteiger partial charge in [-0.15, -0.1) is 0 Å². The van der Waals surface area contributed by atoms with Crippen LogP contribution < -0.4 is 5.73 Å². The molecular weight excluding hydrogens is 429 g/mol. The predicted octanol–water partition coefficient (Wildman–Crippen LogP) is 5.20. The fraction of sp³-hybridized carbons (Fsp3) is 0.292. The molecule has 1 saturated heterocycles. The van der Waals surface area contributed by atoms with Gasteiger partial charge in [0.2, 0.25) is 0 Å². The van der Waals surface area contributed by atoms with Gasteiger partial charge in [-0.25, -0.2) is 4.99 Å². The summed E-state index contributed by atoms with van der Waals surface area (Å²) in [5.41, 5.74) is 9.83. The van der Waals surface area contributed by atoms with E-state index < -0.39 is 0 Å². The SMILES string of the molecule is C=CN=C(/C=C/N=Cc1cccc(Cl)c1Cl)N1CCC2(CC1)Cc1cccnc1C2N. The van der Waals surface area contributed by atoms with Crippen molar-refractivity contribution in [2.45, 2.75) is 25.3 Å². The van der Waals surface area contributed by atoms with Crippen LogP contribution in [0.15, 0.2) is 71.6 Å². The van der Waals surface area contributed by atoms with Crippen LogP contribution in [-0.4, -0.2) is 35.0 Å². The number of benzene rings is 1. The van der Waals surface area contributed by atoms with E-state index in [1.807, 2.05) is 30.5 Å². The lowest BCUT2D eigenvalue weighted by molar-refractivity contribution is 0.127. The van der Waals surface area contributed by atoms with Gasteiger partial charge < -0.3 is 10.6 Å². The molecule has 1 aliphatic heterocycles. The second-order valence-electron chi connectivity index (χ2n) is 7.96. The number of amidine groups is 1. The first kappa shape index (κ1) is 21.8. The molecule has 1 aromatic carbocycles. The average molecular weight is 454 g/mol. The van der Waals surface area contributed by atoms with Gasteiger partial charge in [0.25, 0.3) is 0 Å². The molecule has 31 heavy (non-hydrogen) atoms. The third-order valence-electron chi connectivity index (χ3n) is 6.23. The molecule has 2 N–H and O–H groups in total. The Morgan fingerprint density at radius 3 is 2.77 bits per heavy atom. The molecule has 0 saturated carbocycles. The first-order chi connectivity index (χ1) is 15.0. The van der Waals surface area contributed by atoms with E-state index in [0.717, 1.165) is 49.4 Å². The zero-order valence-corrected chi connectivity index (χ0v) is 18.7. The van der Waals surface area contributed by atoms with Crippen molar-refractivity contribution in [2.24, 2.45) is 21.1 Å². The van der Waals surface area contributed by atoms with Gasteiger partial charge in [0.1, 0.15) is 5.84 Å². The highest BCUT2D eigenvalue weighted by Crippen LogP contribution is 2.49. The summed E-state index contributed by atoms with van der Waals surface area (Å²) in [6.45, 7) is 5.51. The standard InChI is InChI=1S/C24H25Cl2N5/c1-2-29-20(8-12-28-16-18-5-3-7-19(25)21(18)26)31-13-9-24(10-14-31)15-17-6-4-11-30-22(17)23(24)27/h2-8,11-12,16,23H,1,9-10,13-15,27H2/b12-8+,28-16?,29-20?. The largest absolute Gasteiger partial charge is 0.357 e. The number of aliphatic imine (C=N–C) groups is 2. The summed E-state index contributed by atoms with van der Waals surface area (Å²) in [6.07, 6.45) is 11.7. The van der Waals surface area contributed by atoms with Gasteiger partial charge in [-0.1, -0.05) is 48.0 Å². The minimum atomic E-state index is -0.00627. The zero-order valence-electron chi connectivity index (χ0n) is 17.2. The number of nitrogens with zero attached hydrogens (tertiary/aromatic N) is 4. The van der Waals surface area contributed by atoms with Gasteiger partial charge in [-0.3, -0.25) is 9.98 Å². The first-order valence-electron chi connectivity index (χ1n) is 10.3. The fourth-order valence-electron chi connectivity index (χ4n) is 4.51. The average Bonchev–Trinajstić information content (AvgIpc) is 3.05. The highest BCUT2D eigenvalue weighted by molar-refractivity contribution is 6.43. The maximum absolute atomic E-state index is 6.63. The van der Waals surface area contributed by atoms with E-state index in [9.17, 15) is 0 Å². The molecule has 1 atom stereocenters. The van der Waals surface area contributed by atoms with Crippen molar-refractivity contribution < 1.29 is 0 Å². The topological polar surface area (TPSA) is 66.9 Å². The smallest absolute Gasteiger partial charge is 0.129 e. The summed E-state index contributed by atoms with van der Waals surface area (Å²) in [5, 5.41) is 0.999. The van der Waals surface area contributed by atoms with Gasteiger partial charge >= 0.3 is 0 Å². The minimum absolute atomic E-state index is 0.00627. The molecule has 160 valence electrons. The molecule has 4 rings (SSSR count). The second kappa shape index (κ2) is 9.35. The van der Waals surface area contributed by atoms with Crippen LogP contribution in [0.1, 0.15) is 35.7 Å². The summed E-state index contributed by atoms with van der Waals surface area (Å²) in [5.74, 6) is 0.835. The molecular formula is C24H25Cl2N5. The Balaban J connectivity index is 1.42. The third kappa shape index (κ3) is 4.45. The molecule has 2 aliphatic rings. The molecule has 0 amide bonds. The Hall–Kier alpha value is -2.47. The number of likely N-dealkylation sites (tertiary alicyclic amines) is 1. The van der Waals surface area contributed by atoms with E-state index in [1.165, 1.54) is 5.56 Å². The minimum Gasteiger partial charge on any atom is -0.357 e. The molecule has 0 radical (unpaired) electrons. The van der Waals surface area contributed by atoms with Crippen molar-refractivity contribution in [3.63, 3.8) is 0 Å². The summed E-state index contributed by atoms with van der Waals surface area (Å²) < 4.78 is 0. The first-order valence-corrected chi connectivity index (χ1v) is 11.1. The van der Waals surface area contributed by atoms with Crippen molar-refractivity contribution >= 4 is 35.3 Å². The molecule has 0 bridgehead atoms. The second-order valence-corrected chi connectivity index (χ2v) is 8.74. The maximum Gasteiger partial charge on any atom is 0.129 e. The van der Waals surface area contributed by atoms with Crippen molar-refractivity contribution in [2.75, 3.05) is 13.1 Å². The molecule has 2 heterocycles. The lowest BCUT2D eigenvalue weighted by atomic mass is 9.73. The summed E-state index contributed by atoms with van der Waals surface area (Å²) >= 11 is 12.3. The summed E-state index contributed by atoms with van der Waals surface area (Å²) in [4.78, 5) is 15.6. The van der Waals surface area contributed by atoms with Crippen LogP contribution in [0.5, 0.6) is 0 Å². The normalized spacial score (nSPS) is 20.7. The van der Waals surface area contributed by atoms with Gasteiger partial charge in [-0.2, -0.15) is 0 Å². The van der Waals surface area contributed by atoms with Crippen LogP contribution in [0.4, 0.5) is 0 Å². The van der Waals surface area contributed by atoms with Crippen LogP contribution in [-0.2, 0) is 6.42 Å². The molecule has 1 aliphatic carbocycles. The molecule has 1 aromatic heterocycles. The van der Waals surface area contributed by atoms with Crippen LogP contribution in [0.3, 0.4) is 0 Å². The summed E-state index contributed by atoms with van der Waals surface area (Å²) in [6, 6.07) is 9.60. The van der Waals surface area contributed by atoms with E-state index in [1.54, 1.807) is 24.7 Å². The quantitative estimate of drug-likeness (QED) is 0.510. The Kier molecular flexibility index (Phi) is 6.56. The Morgan fingerprint density at radius 1 is 1.23 bits per heavy atom. The summed E-state index contributed by atoms with van der Waals surface area (Å²) in [7, 11) is 0. The number of halogens is 2. The van der Waals surface area contributed by atoms with Gasteiger partial charge in [0, 0.05) is 43.5 Å². The Bertz CT molecular complexity index is 1050. The molecule has 2 aromatic rings. The number of pyridine rings is 1. The van der Waals surface area contributed by atoms with Gasteiger partial charge in [0.05, 0.1) is 21.8 Å². The van der Waals surface area contributed by atoms with E-state index in [2.05, 4.69) is 32.5 Å². The molecule has 7 heteroatoms. The van der Waals surface area contributed by atoms with Crippen molar-refractivity contribution in [1.82, 2.24) is 9.88 Å². The number of piperidine rings is 1. The molecule has 1 unspecified atom stereocenters. The van der Waals surface area contributed by atoms with E-state index in [0.29, 0.717) is 10.0 Å². The van der Waals surface area contributed by atoms with Crippen LogP contribution in [0, 0.1) is 5.41 Å². The number of rotatable bonds is 4. The zero-order chi connectivity index (χ0) is 21.8. The lowest BCUT2D eigenvalue weighted by Gasteiger charge is -2.42. The maximum atomic E-state index is 6.63. The molecule has 5 nitrogen and oxygen atoms in total.